The van der Waals surface area contributed by atoms with Gasteiger partial charge in [-0.05, 0) is 18.4 Å². The minimum Gasteiger partial charge on any atom is -0.389 e. The molecule has 2 aliphatic rings. The molecule has 1 saturated heterocycles. The summed E-state index contributed by atoms with van der Waals surface area (Å²) in [4.78, 5) is 12.0. The predicted molar refractivity (Wildman–Crippen MR) is 82.6 cm³/mol. The van der Waals surface area contributed by atoms with E-state index >= 15 is 0 Å². The van der Waals surface area contributed by atoms with Gasteiger partial charge in [0.2, 0.25) is 0 Å². The molecule has 0 bridgehead atoms. The average Bonchev–Trinajstić information content (AvgIpc) is 3.28. The molecule has 1 N–H and O–H groups in total. The lowest BCUT2D eigenvalue weighted by Crippen LogP contribution is -2.65. The smallest absolute Gasteiger partial charge is 0.184 e. The molecule has 0 aromatic heterocycles. The van der Waals surface area contributed by atoms with Gasteiger partial charge < -0.3 is 14.6 Å². The Hall–Kier alpha value is -1.28. The molecule has 0 radical (unpaired) electrons. The normalized spacial score (nSPS) is 21.4. The number of ether oxygens (including phenoxy) is 2. The van der Waals surface area contributed by atoms with Crippen LogP contribution in [0.1, 0.15) is 18.4 Å². The lowest BCUT2D eigenvalue weighted by atomic mass is 10.0. The third kappa shape index (κ3) is 2.61. The third-order valence-corrected chi connectivity index (χ3v) is 7.85. The van der Waals surface area contributed by atoms with Crippen LogP contribution in [0.3, 0.4) is 0 Å². The second kappa shape index (κ2) is 5.98. The minimum atomic E-state index is -3.78. The molecular formula is C16H20O6S. The molecule has 1 aromatic carbocycles. The molecule has 7 heteroatoms. The number of aliphatic hydroxyl groups is 1. The molecule has 0 atom stereocenters. The van der Waals surface area contributed by atoms with Gasteiger partial charge in [0, 0.05) is 0 Å². The van der Waals surface area contributed by atoms with E-state index in [2.05, 4.69) is 0 Å². The number of carbonyl (C=O) groups excluding carboxylic acids is 1. The lowest BCUT2D eigenvalue weighted by Gasteiger charge is -2.41. The van der Waals surface area contributed by atoms with Crippen LogP contribution >= 0.6 is 0 Å². The monoisotopic (exact) mass is 340 g/mol. The summed E-state index contributed by atoms with van der Waals surface area (Å²) in [6, 6.07) is 9.50. The van der Waals surface area contributed by atoms with E-state index in [1.165, 1.54) is 0 Å². The van der Waals surface area contributed by atoms with Crippen molar-refractivity contribution < 1.29 is 27.8 Å². The van der Waals surface area contributed by atoms with Crippen LogP contribution in [-0.2, 0) is 30.7 Å². The second-order valence-electron chi connectivity index (χ2n) is 6.23. The highest BCUT2D eigenvalue weighted by molar-refractivity contribution is 7.95. The van der Waals surface area contributed by atoms with Gasteiger partial charge in [-0.25, -0.2) is 8.42 Å². The fraction of sp³-hybridized carbons (Fsp3) is 0.562. The minimum absolute atomic E-state index is 0.0602. The Labute approximate surface area is 135 Å². The summed E-state index contributed by atoms with van der Waals surface area (Å²) >= 11 is 0. The summed E-state index contributed by atoms with van der Waals surface area (Å²) < 4.78 is 33.9. The van der Waals surface area contributed by atoms with Crippen molar-refractivity contribution in [2.45, 2.75) is 28.9 Å². The van der Waals surface area contributed by atoms with Crippen LogP contribution in [0.4, 0.5) is 0 Å². The first kappa shape index (κ1) is 16.6. The van der Waals surface area contributed by atoms with E-state index in [9.17, 15) is 13.2 Å². The van der Waals surface area contributed by atoms with Crippen molar-refractivity contribution in [2.75, 3.05) is 26.4 Å². The van der Waals surface area contributed by atoms with Crippen LogP contribution in [0.25, 0.3) is 0 Å². The Morgan fingerprint density at radius 1 is 1.22 bits per heavy atom. The predicted octanol–water partition coefficient (Wildman–Crippen LogP) is 0.481. The van der Waals surface area contributed by atoms with Gasteiger partial charge in [-0.2, -0.15) is 0 Å². The molecule has 1 aliphatic carbocycles. The van der Waals surface area contributed by atoms with Gasteiger partial charge in [0.25, 0.3) is 0 Å². The van der Waals surface area contributed by atoms with Crippen molar-refractivity contribution in [1.82, 2.24) is 0 Å². The van der Waals surface area contributed by atoms with E-state index in [1.807, 2.05) is 30.3 Å². The number of rotatable bonds is 8. The first-order valence-electron chi connectivity index (χ1n) is 7.55. The summed E-state index contributed by atoms with van der Waals surface area (Å²) in [5, 5.41) is 9.11. The van der Waals surface area contributed by atoms with Gasteiger partial charge in [0.1, 0.15) is 6.61 Å². The van der Waals surface area contributed by atoms with E-state index in [1.54, 1.807) is 0 Å². The van der Waals surface area contributed by atoms with Gasteiger partial charge in [-0.3, -0.25) is 4.79 Å². The number of sulfone groups is 1. The van der Waals surface area contributed by atoms with Crippen molar-refractivity contribution in [3.05, 3.63) is 35.9 Å². The van der Waals surface area contributed by atoms with Gasteiger partial charge in [-0.15, -0.1) is 0 Å². The summed E-state index contributed by atoms with van der Waals surface area (Å²) in [6.07, 6.45) is 0.954. The average molecular weight is 340 g/mol. The fourth-order valence-electron chi connectivity index (χ4n) is 2.87. The summed E-state index contributed by atoms with van der Waals surface area (Å²) in [5.41, 5.74) is 0.967. The molecule has 1 saturated carbocycles. The van der Waals surface area contributed by atoms with Crippen LogP contribution in [0.2, 0.25) is 0 Å². The Morgan fingerprint density at radius 3 is 2.35 bits per heavy atom. The van der Waals surface area contributed by atoms with Gasteiger partial charge in [-0.1, -0.05) is 30.3 Å². The highest BCUT2D eigenvalue weighted by Crippen LogP contribution is 2.50. The molecular weight excluding hydrogens is 320 g/mol. The fourth-order valence-corrected chi connectivity index (χ4v) is 5.42. The van der Waals surface area contributed by atoms with E-state index < -0.39 is 31.7 Å². The molecule has 0 unspecified atom stereocenters. The van der Waals surface area contributed by atoms with Gasteiger partial charge in [0.15, 0.2) is 20.4 Å². The van der Waals surface area contributed by atoms with E-state index in [-0.39, 0.29) is 19.8 Å². The molecule has 1 aromatic rings. The molecule has 3 rings (SSSR count). The Balaban J connectivity index is 1.71. The molecule has 1 aliphatic heterocycles. The number of Topliss-reactive ketones (excluding diaryl/α,β-unsaturated/α-hetero) is 1. The maximum Gasteiger partial charge on any atom is 0.184 e. The molecule has 126 valence electrons. The molecule has 0 amide bonds. The number of hydrogen-bond donors (Lipinski definition) is 1. The molecule has 2 fully saturated rings. The van der Waals surface area contributed by atoms with Crippen LogP contribution in [0, 0.1) is 0 Å². The Morgan fingerprint density at radius 2 is 1.87 bits per heavy atom. The number of aliphatic hydroxyl groups excluding tert-OH is 1. The van der Waals surface area contributed by atoms with Gasteiger partial charge in [0.05, 0.1) is 31.2 Å². The van der Waals surface area contributed by atoms with Crippen LogP contribution in [-0.4, -0.2) is 55.2 Å². The number of carbonyl (C=O) groups is 1. The van der Waals surface area contributed by atoms with Crippen molar-refractivity contribution in [3.63, 3.8) is 0 Å². The maximum atomic E-state index is 13.0. The van der Waals surface area contributed by atoms with Crippen molar-refractivity contribution in [2.24, 2.45) is 0 Å². The number of benzene rings is 1. The largest absolute Gasteiger partial charge is 0.389 e. The molecule has 1 heterocycles. The molecule has 6 nitrogen and oxygen atoms in total. The lowest BCUT2D eigenvalue weighted by molar-refractivity contribution is -0.135. The molecule has 23 heavy (non-hydrogen) atoms. The molecule has 0 spiro atoms. The second-order valence-corrected chi connectivity index (χ2v) is 8.89. The van der Waals surface area contributed by atoms with E-state index in [0.29, 0.717) is 19.4 Å². The highest BCUT2D eigenvalue weighted by Gasteiger charge is 2.68. The zero-order valence-electron chi connectivity index (χ0n) is 12.7. The summed E-state index contributed by atoms with van der Waals surface area (Å²) in [5.74, 6) is -0.682. The third-order valence-electron chi connectivity index (χ3n) is 4.69. The Bertz CT molecular complexity index is 674. The first-order chi connectivity index (χ1) is 11.0. The van der Waals surface area contributed by atoms with Crippen molar-refractivity contribution in [1.29, 1.82) is 0 Å². The summed E-state index contributed by atoms with van der Waals surface area (Å²) in [6.45, 7) is -0.742. The van der Waals surface area contributed by atoms with Crippen LogP contribution in [0.5, 0.6) is 0 Å². The summed E-state index contributed by atoms with van der Waals surface area (Å²) in [7, 11) is -3.78. The maximum absolute atomic E-state index is 13.0. The van der Waals surface area contributed by atoms with Gasteiger partial charge >= 0.3 is 0 Å². The van der Waals surface area contributed by atoms with Crippen LogP contribution in [0.15, 0.2) is 30.3 Å². The highest BCUT2D eigenvalue weighted by atomic mass is 32.2. The van der Waals surface area contributed by atoms with Crippen molar-refractivity contribution >= 4 is 15.6 Å². The first-order valence-corrected chi connectivity index (χ1v) is 9.04. The number of ketones is 1. The number of hydrogen-bond acceptors (Lipinski definition) is 6. The quantitative estimate of drug-likeness (QED) is 0.740. The standard InChI is InChI=1S/C16H20O6S/c17-8-14(18)16(11-22-12-16)23(19,20)15(6-7-15)10-21-9-13-4-2-1-3-5-13/h1-5,17H,6-12H2. The SMILES string of the molecule is O=C(CO)C1(S(=O)(=O)C2(COCc3ccccc3)CC2)COC1. The van der Waals surface area contributed by atoms with Crippen molar-refractivity contribution in [3.8, 4) is 0 Å². The topological polar surface area (TPSA) is 89.9 Å². The zero-order valence-corrected chi connectivity index (χ0v) is 13.5. The Kier molecular flexibility index (Phi) is 4.31. The van der Waals surface area contributed by atoms with Crippen LogP contribution < -0.4 is 0 Å². The zero-order chi connectivity index (χ0) is 16.6. The van der Waals surface area contributed by atoms with E-state index in [0.717, 1.165) is 5.56 Å². The van der Waals surface area contributed by atoms with E-state index in [4.69, 9.17) is 14.6 Å².